The second-order valence-electron chi connectivity index (χ2n) is 5.02. The molecule has 7 heteroatoms. The van der Waals surface area contributed by atoms with E-state index < -0.39 is 11.2 Å². The summed E-state index contributed by atoms with van der Waals surface area (Å²) in [5.41, 5.74) is 0.570. The van der Waals surface area contributed by atoms with Crippen LogP contribution in [0, 0.1) is 13.8 Å². The van der Waals surface area contributed by atoms with Gasteiger partial charge >= 0.3 is 5.69 Å². The van der Waals surface area contributed by atoms with E-state index in [4.69, 9.17) is 4.42 Å². The molecule has 0 atom stereocenters. The minimum atomic E-state index is -0.459. The van der Waals surface area contributed by atoms with Crippen LogP contribution in [0.3, 0.4) is 0 Å². The zero-order chi connectivity index (χ0) is 15.1. The second kappa shape index (κ2) is 4.76. The number of nitrogens with zero attached hydrogens (tertiary/aromatic N) is 2. The summed E-state index contributed by atoms with van der Waals surface area (Å²) >= 11 is 0. The first-order chi connectivity index (χ1) is 10.0. The highest BCUT2D eigenvalue weighted by Gasteiger charge is 2.16. The predicted molar refractivity (Wildman–Crippen MR) is 78.4 cm³/mol. The molecule has 0 saturated carbocycles. The van der Waals surface area contributed by atoms with Crippen molar-refractivity contribution in [3.63, 3.8) is 0 Å². The van der Waals surface area contributed by atoms with Crippen LogP contribution < -0.4 is 11.2 Å². The van der Waals surface area contributed by atoms with Gasteiger partial charge in [-0.1, -0.05) is 6.92 Å². The number of furan rings is 1. The normalized spacial score (nSPS) is 11.4. The van der Waals surface area contributed by atoms with Crippen molar-refractivity contribution < 1.29 is 4.42 Å². The van der Waals surface area contributed by atoms with E-state index in [1.54, 1.807) is 0 Å². The first kappa shape index (κ1) is 13.4. The summed E-state index contributed by atoms with van der Waals surface area (Å²) in [5.74, 6) is 2.01. The van der Waals surface area contributed by atoms with Gasteiger partial charge in [-0.3, -0.25) is 14.3 Å². The Morgan fingerprint density at radius 3 is 2.67 bits per heavy atom. The number of hydrogen-bond donors (Lipinski definition) is 2. The first-order valence-corrected chi connectivity index (χ1v) is 6.81. The number of H-pyrrole nitrogens is 2. The average Bonchev–Trinajstić information content (AvgIpc) is 2.98. The summed E-state index contributed by atoms with van der Waals surface area (Å²) in [6.07, 6.45) is 0.771. The van der Waals surface area contributed by atoms with Gasteiger partial charge in [0.1, 0.15) is 22.9 Å². The van der Waals surface area contributed by atoms with Gasteiger partial charge in [0.25, 0.3) is 5.56 Å². The Labute approximate surface area is 119 Å². The molecule has 7 nitrogen and oxygen atoms in total. The fourth-order valence-corrected chi connectivity index (χ4v) is 2.47. The minimum absolute atomic E-state index is 0.302. The molecule has 0 fully saturated rings. The van der Waals surface area contributed by atoms with E-state index in [1.807, 2.05) is 26.8 Å². The third-order valence-electron chi connectivity index (χ3n) is 3.38. The summed E-state index contributed by atoms with van der Waals surface area (Å²) in [6.45, 7) is 6.14. The van der Waals surface area contributed by atoms with Crippen LogP contribution in [-0.4, -0.2) is 19.5 Å². The molecule has 0 spiro atoms. The van der Waals surface area contributed by atoms with Crippen LogP contribution in [0.25, 0.3) is 22.6 Å². The fourth-order valence-electron chi connectivity index (χ4n) is 2.47. The van der Waals surface area contributed by atoms with Crippen molar-refractivity contribution in [1.82, 2.24) is 19.5 Å². The van der Waals surface area contributed by atoms with Crippen LogP contribution >= 0.6 is 0 Å². The standard InChI is InChI=1S/C14H16N4O3/c1-4-5-18-12-10(13(19)17-14(18)20)15-11(16-12)9-6-7(2)21-8(9)3/h6H,4-5H2,1-3H3,(H,15,16)(H,17,19,20). The van der Waals surface area contributed by atoms with E-state index in [0.29, 0.717) is 29.3 Å². The maximum absolute atomic E-state index is 11.9. The van der Waals surface area contributed by atoms with Crippen LogP contribution in [0.5, 0.6) is 0 Å². The molecule has 3 rings (SSSR count). The van der Waals surface area contributed by atoms with Crippen LogP contribution in [-0.2, 0) is 6.54 Å². The molecule has 0 unspecified atom stereocenters. The molecule has 3 aromatic heterocycles. The molecule has 0 aliphatic carbocycles. The average molecular weight is 288 g/mol. The third-order valence-corrected chi connectivity index (χ3v) is 3.38. The molecule has 3 heterocycles. The van der Waals surface area contributed by atoms with Gasteiger partial charge in [-0.05, 0) is 26.3 Å². The van der Waals surface area contributed by atoms with Crippen LogP contribution in [0.4, 0.5) is 0 Å². The van der Waals surface area contributed by atoms with Crippen molar-refractivity contribution in [2.75, 3.05) is 0 Å². The SMILES string of the molecule is CCCn1c(=O)[nH]c(=O)c2[nH]c(-c3cc(C)oc3C)nc21. The molecule has 0 radical (unpaired) electrons. The van der Waals surface area contributed by atoms with Crippen molar-refractivity contribution in [3.8, 4) is 11.4 Å². The largest absolute Gasteiger partial charge is 0.466 e. The molecule has 110 valence electrons. The summed E-state index contributed by atoms with van der Waals surface area (Å²) in [5, 5.41) is 0. The lowest BCUT2D eigenvalue weighted by Crippen LogP contribution is -2.30. The zero-order valence-electron chi connectivity index (χ0n) is 12.1. The second-order valence-corrected chi connectivity index (χ2v) is 5.02. The van der Waals surface area contributed by atoms with E-state index >= 15 is 0 Å². The van der Waals surface area contributed by atoms with E-state index in [1.165, 1.54) is 4.57 Å². The number of rotatable bonds is 3. The quantitative estimate of drug-likeness (QED) is 0.766. The topological polar surface area (TPSA) is 96.7 Å². The van der Waals surface area contributed by atoms with Crippen molar-refractivity contribution in [2.45, 2.75) is 33.7 Å². The van der Waals surface area contributed by atoms with Crippen molar-refractivity contribution in [3.05, 3.63) is 38.4 Å². The predicted octanol–water partition coefficient (Wildman–Crippen LogP) is 1.70. The number of imidazole rings is 1. The number of fused-ring (bicyclic) bond motifs is 1. The molecule has 0 saturated heterocycles. The molecule has 0 amide bonds. The van der Waals surface area contributed by atoms with E-state index in [0.717, 1.165) is 17.7 Å². The van der Waals surface area contributed by atoms with Gasteiger partial charge in [-0.15, -0.1) is 0 Å². The molecule has 3 aromatic rings. The summed E-state index contributed by atoms with van der Waals surface area (Å²) in [7, 11) is 0. The Balaban J connectivity index is 2.31. The van der Waals surface area contributed by atoms with Gasteiger partial charge in [0.05, 0.1) is 5.56 Å². The van der Waals surface area contributed by atoms with Gasteiger partial charge in [0.2, 0.25) is 0 Å². The van der Waals surface area contributed by atoms with Gasteiger partial charge in [0.15, 0.2) is 5.65 Å². The summed E-state index contributed by atoms with van der Waals surface area (Å²) < 4.78 is 6.95. The van der Waals surface area contributed by atoms with E-state index in [9.17, 15) is 9.59 Å². The van der Waals surface area contributed by atoms with Crippen molar-refractivity contribution >= 4 is 11.2 Å². The highest BCUT2D eigenvalue weighted by Crippen LogP contribution is 2.25. The Kier molecular flexibility index (Phi) is 3.04. The number of aryl methyl sites for hydroxylation is 3. The Morgan fingerprint density at radius 2 is 2.05 bits per heavy atom. The van der Waals surface area contributed by atoms with E-state index in [2.05, 4.69) is 15.0 Å². The lowest BCUT2D eigenvalue weighted by Gasteiger charge is -2.02. The number of nitrogens with one attached hydrogen (secondary N) is 2. The van der Waals surface area contributed by atoms with E-state index in [-0.39, 0.29) is 0 Å². The molecular weight excluding hydrogens is 272 g/mol. The maximum atomic E-state index is 11.9. The Hall–Kier alpha value is -2.57. The molecule has 0 aromatic carbocycles. The molecule has 0 aliphatic heterocycles. The zero-order valence-corrected chi connectivity index (χ0v) is 12.1. The highest BCUT2D eigenvalue weighted by atomic mass is 16.3. The highest BCUT2D eigenvalue weighted by molar-refractivity contribution is 5.75. The first-order valence-electron chi connectivity index (χ1n) is 6.81. The Bertz CT molecular complexity index is 926. The Morgan fingerprint density at radius 1 is 1.29 bits per heavy atom. The fraction of sp³-hybridized carbons (Fsp3) is 0.357. The molecule has 2 N–H and O–H groups in total. The molecule has 0 bridgehead atoms. The molecule has 21 heavy (non-hydrogen) atoms. The van der Waals surface area contributed by atoms with Crippen LogP contribution in [0.15, 0.2) is 20.1 Å². The molecular formula is C14H16N4O3. The van der Waals surface area contributed by atoms with Gasteiger partial charge in [-0.2, -0.15) is 0 Å². The van der Waals surface area contributed by atoms with Crippen LogP contribution in [0.2, 0.25) is 0 Å². The minimum Gasteiger partial charge on any atom is -0.466 e. The number of hydrogen-bond acceptors (Lipinski definition) is 4. The number of aromatic nitrogens is 4. The lowest BCUT2D eigenvalue weighted by atomic mass is 10.2. The van der Waals surface area contributed by atoms with Gasteiger partial charge in [0, 0.05) is 6.54 Å². The smallest absolute Gasteiger partial charge is 0.330 e. The van der Waals surface area contributed by atoms with Crippen molar-refractivity contribution in [1.29, 1.82) is 0 Å². The molecule has 0 aliphatic rings. The number of aromatic amines is 2. The lowest BCUT2D eigenvalue weighted by molar-refractivity contribution is 0.505. The maximum Gasteiger partial charge on any atom is 0.330 e. The van der Waals surface area contributed by atoms with Gasteiger partial charge < -0.3 is 9.40 Å². The van der Waals surface area contributed by atoms with Crippen LogP contribution in [0.1, 0.15) is 24.9 Å². The monoisotopic (exact) mass is 288 g/mol. The summed E-state index contributed by atoms with van der Waals surface area (Å²) in [4.78, 5) is 33.5. The van der Waals surface area contributed by atoms with Gasteiger partial charge in [-0.25, -0.2) is 9.78 Å². The summed E-state index contributed by atoms with van der Waals surface area (Å²) in [6, 6.07) is 1.85. The van der Waals surface area contributed by atoms with Crippen molar-refractivity contribution in [2.24, 2.45) is 0 Å². The third kappa shape index (κ3) is 2.10.